The van der Waals surface area contributed by atoms with E-state index in [2.05, 4.69) is 41.5 Å². The largest absolute Gasteiger partial charge is 0.494 e. The van der Waals surface area contributed by atoms with Crippen LogP contribution in [0.15, 0.2) is 24.3 Å². The standard InChI is InChI=1S/C19H25N3O3S/c1-13(2)14-7-9-15(10-8-14)24-11-4-6-17(23)20-19-22-21-18(26-19)16-5-3-12-25-16/h7-10,13,16H,3-6,11-12H2,1-2H3,(H,20,22,23)/t16-/m0/s1. The van der Waals surface area contributed by atoms with Crippen LogP contribution in [0.3, 0.4) is 0 Å². The Hall–Kier alpha value is -1.99. The number of ether oxygens (including phenoxy) is 2. The first-order chi connectivity index (χ1) is 12.6. The molecule has 1 fully saturated rings. The summed E-state index contributed by atoms with van der Waals surface area (Å²) in [4.78, 5) is 12.0. The number of anilines is 1. The molecule has 0 saturated carbocycles. The van der Waals surface area contributed by atoms with Crippen molar-refractivity contribution in [2.24, 2.45) is 0 Å². The van der Waals surface area contributed by atoms with Gasteiger partial charge in [0.1, 0.15) is 16.9 Å². The molecule has 1 saturated heterocycles. The summed E-state index contributed by atoms with van der Waals surface area (Å²) in [7, 11) is 0. The second kappa shape index (κ2) is 9.09. The maximum atomic E-state index is 12.0. The van der Waals surface area contributed by atoms with Crippen LogP contribution in [-0.2, 0) is 9.53 Å². The Balaban J connectivity index is 1.36. The number of rotatable bonds is 8. The lowest BCUT2D eigenvalue weighted by Gasteiger charge is -2.08. The van der Waals surface area contributed by atoms with Gasteiger partial charge in [-0.15, -0.1) is 10.2 Å². The van der Waals surface area contributed by atoms with E-state index in [-0.39, 0.29) is 12.0 Å². The van der Waals surface area contributed by atoms with Gasteiger partial charge in [0, 0.05) is 13.0 Å². The topological polar surface area (TPSA) is 73.3 Å². The number of nitrogens with zero attached hydrogens (tertiary/aromatic N) is 2. The van der Waals surface area contributed by atoms with Gasteiger partial charge in [-0.25, -0.2) is 0 Å². The van der Waals surface area contributed by atoms with Crippen LogP contribution in [-0.4, -0.2) is 29.3 Å². The molecule has 0 unspecified atom stereocenters. The Morgan fingerprint density at radius 2 is 2.15 bits per heavy atom. The van der Waals surface area contributed by atoms with Gasteiger partial charge in [0.2, 0.25) is 11.0 Å². The molecular formula is C19H25N3O3S. The summed E-state index contributed by atoms with van der Waals surface area (Å²) >= 11 is 1.39. The van der Waals surface area contributed by atoms with E-state index in [1.165, 1.54) is 16.9 Å². The van der Waals surface area contributed by atoms with Gasteiger partial charge in [0.25, 0.3) is 0 Å². The Labute approximate surface area is 157 Å². The molecular weight excluding hydrogens is 350 g/mol. The molecule has 1 aromatic carbocycles. The van der Waals surface area contributed by atoms with Crippen LogP contribution in [0.4, 0.5) is 5.13 Å². The van der Waals surface area contributed by atoms with Gasteiger partial charge in [-0.3, -0.25) is 4.79 Å². The molecule has 0 radical (unpaired) electrons. The molecule has 1 aromatic heterocycles. The third-order valence-electron chi connectivity index (χ3n) is 4.26. The number of aromatic nitrogens is 2. The predicted octanol–water partition coefficient (Wildman–Crippen LogP) is 4.31. The molecule has 140 valence electrons. The molecule has 0 bridgehead atoms. The summed E-state index contributed by atoms with van der Waals surface area (Å²) in [6.07, 6.45) is 3.09. The number of nitrogens with one attached hydrogen (secondary N) is 1. The molecule has 2 heterocycles. The summed E-state index contributed by atoms with van der Waals surface area (Å²) in [6, 6.07) is 8.11. The van der Waals surface area contributed by atoms with Crippen molar-refractivity contribution in [1.82, 2.24) is 10.2 Å². The van der Waals surface area contributed by atoms with E-state index < -0.39 is 0 Å². The molecule has 6 nitrogen and oxygen atoms in total. The van der Waals surface area contributed by atoms with Crippen LogP contribution < -0.4 is 10.1 Å². The molecule has 0 spiro atoms. The third kappa shape index (κ3) is 5.25. The Kier molecular flexibility index (Phi) is 6.57. The highest BCUT2D eigenvalue weighted by molar-refractivity contribution is 7.15. The van der Waals surface area contributed by atoms with Crippen molar-refractivity contribution in [1.29, 1.82) is 0 Å². The van der Waals surface area contributed by atoms with Gasteiger partial charge in [0.15, 0.2) is 0 Å². The number of hydrogen-bond acceptors (Lipinski definition) is 6. The van der Waals surface area contributed by atoms with Crippen LogP contribution in [0.2, 0.25) is 0 Å². The van der Waals surface area contributed by atoms with Crippen LogP contribution in [0, 0.1) is 0 Å². The quantitative estimate of drug-likeness (QED) is 0.696. The van der Waals surface area contributed by atoms with Crippen molar-refractivity contribution in [2.45, 2.75) is 51.6 Å². The second-order valence-corrected chi connectivity index (χ2v) is 7.68. The van der Waals surface area contributed by atoms with Crippen molar-refractivity contribution in [3.63, 3.8) is 0 Å². The average Bonchev–Trinajstić information content (AvgIpc) is 3.30. The van der Waals surface area contributed by atoms with Crippen molar-refractivity contribution >= 4 is 22.4 Å². The molecule has 2 aromatic rings. The van der Waals surface area contributed by atoms with Gasteiger partial charge in [-0.1, -0.05) is 37.3 Å². The molecule has 1 N–H and O–H groups in total. The van der Waals surface area contributed by atoms with Crippen molar-refractivity contribution in [2.75, 3.05) is 18.5 Å². The summed E-state index contributed by atoms with van der Waals surface area (Å²) in [5, 5.41) is 12.3. The van der Waals surface area contributed by atoms with E-state index in [9.17, 15) is 4.79 Å². The molecule has 1 aliphatic heterocycles. The first-order valence-corrected chi connectivity index (χ1v) is 9.91. The number of carbonyl (C=O) groups is 1. The van der Waals surface area contributed by atoms with E-state index in [0.717, 1.165) is 30.2 Å². The van der Waals surface area contributed by atoms with Gasteiger partial charge in [-0.2, -0.15) is 0 Å². The fourth-order valence-corrected chi connectivity index (χ4v) is 3.58. The first-order valence-electron chi connectivity index (χ1n) is 9.09. The lowest BCUT2D eigenvalue weighted by molar-refractivity contribution is -0.116. The minimum Gasteiger partial charge on any atom is -0.494 e. The molecule has 7 heteroatoms. The molecule has 1 atom stereocenters. The third-order valence-corrected chi connectivity index (χ3v) is 5.19. The summed E-state index contributed by atoms with van der Waals surface area (Å²) in [5.41, 5.74) is 1.29. The SMILES string of the molecule is CC(C)c1ccc(OCCCC(=O)Nc2nnc([C@@H]3CCCO3)s2)cc1. The Morgan fingerprint density at radius 1 is 1.35 bits per heavy atom. The highest BCUT2D eigenvalue weighted by Crippen LogP contribution is 2.31. The maximum Gasteiger partial charge on any atom is 0.226 e. The monoisotopic (exact) mass is 375 g/mol. The van der Waals surface area contributed by atoms with E-state index in [0.29, 0.717) is 30.5 Å². The second-order valence-electron chi connectivity index (χ2n) is 6.67. The number of hydrogen-bond donors (Lipinski definition) is 1. The summed E-state index contributed by atoms with van der Waals surface area (Å²) in [5.74, 6) is 1.27. The average molecular weight is 375 g/mol. The van der Waals surface area contributed by atoms with E-state index in [1.807, 2.05) is 12.1 Å². The molecule has 26 heavy (non-hydrogen) atoms. The number of carbonyl (C=O) groups excluding carboxylic acids is 1. The lowest BCUT2D eigenvalue weighted by Crippen LogP contribution is -2.12. The fraction of sp³-hybridized carbons (Fsp3) is 0.526. The molecule has 3 rings (SSSR count). The van der Waals surface area contributed by atoms with Gasteiger partial charge >= 0.3 is 0 Å². The van der Waals surface area contributed by atoms with Crippen LogP contribution in [0.25, 0.3) is 0 Å². The summed E-state index contributed by atoms with van der Waals surface area (Å²) in [6.45, 7) is 5.60. The smallest absolute Gasteiger partial charge is 0.226 e. The van der Waals surface area contributed by atoms with Crippen molar-refractivity contribution in [3.05, 3.63) is 34.8 Å². The van der Waals surface area contributed by atoms with Gasteiger partial charge < -0.3 is 14.8 Å². The van der Waals surface area contributed by atoms with E-state index in [1.54, 1.807) is 0 Å². The number of amides is 1. The fourth-order valence-electron chi connectivity index (χ4n) is 2.74. The molecule has 0 aliphatic carbocycles. The van der Waals surface area contributed by atoms with Gasteiger partial charge in [-0.05, 0) is 42.9 Å². The zero-order chi connectivity index (χ0) is 18.4. The highest BCUT2D eigenvalue weighted by atomic mass is 32.1. The zero-order valence-corrected chi connectivity index (χ0v) is 16.1. The van der Waals surface area contributed by atoms with Crippen LogP contribution in [0.1, 0.15) is 62.1 Å². The predicted molar refractivity (Wildman–Crippen MR) is 102 cm³/mol. The Bertz CT molecular complexity index is 709. The highest BCUT2D eigenvalue weighted by Gasteiger charge is 2.22. The maximum absolute atomic E-state index is 12.0. The van der Waals surface area contributed by atoms with Crippen molar-refractivity contribution in [3.8, 4) is 5.75 Å². The van der Waals surface area contributed by atoms with E-state index >= 15 is 0 Å². The van der Waals surface area contributed by atoms with Gasteiger partial charge in [0.05, 0.1) is 6.61 Å². The Morgan fingerprint density at radius 3 is 2.85 bits per heavy atom. The zero-order valence-electron chi connectivity index (χ0n) is 15.2. The van der Waals surface area contributed by atoms with Crippen molar-refractivity contribution < 1.29 is 14.3 Å². The molecule has 1 amide bonds. The molecule has 1 aliphatic rings. The number of benzene rings is 1. The normalized spacial score (nSPS) is 16.8. The minimum absolute atomic E-state index is 0.0358. The van der Waals surface area contributed by atoms with E-state index in [4.69, 9.17) is 9.47 Å². The van der Waals surface area contributed by atoms with Crippen LogP contribution >= 0.6 is 11.3 Å². The summed E-state index contributed by atoms with van der Waals surface area (Å²) < 4.78 is 11.3. The first kappa shape index (κ1) is 18.8. The minimum atomic E-state index is -0.0706. The van der Waals surface area contributed by atoms with Crippen LogP contribution in [0.5, 0.6) is 5.75 Å². The lowest BCUT2D eigenvalue weighted by atomic mass is 10.0.